The molecule has 1 aromatic heterocycles. The van der Waals surface area contributed by atoms with Crippen molar-refractivity contribution in [3.05, 3.63) is 59.0 Å². The highest BCUT2D eigenvalue weighted by molar-refractivity contribution is 6.30. The summed E-state index contributed by atoms with van der Waals surface area (Å²) in [6, 6.07) is 10.7. The van der Waals surface area contributed by atoms with Gasteiger partial charge < -0.3 is 9.73 Å². The average Bonchev–Trinajstić information content (AvgIpc) is 3.36. The zero-order valence-corrected chi connectivity index (χ0v) is 19.1. The quantitative estimate of drug-likeness (QED) is 0.703. The van der Waals surface area contributed by atoms with Gasteiger partial charge in [-0.3, -0.25) is 14.5 Å². The fraction of sp³-hybridized carbons (Fsp3) is 0.435. The van der Waals surface area contributed by atoms with Gasteiger partial charge in [0.15, 0.2) is 0 Å². The predicted molar refractivity (Wildman–Crippen MR) is 121 cm³/mol. The highest BCUT2D eigenvalue weighted by Gasteiger charge is 2.35. The van der Waals surface area contributed by atoms with Gasteiger partial charge >= 0.3 is 0 Å². The Morgan fingerprint density at radius 1 is 1.23 bits per heavy atom. The minimum Gasteiger partial charge on any atom is -0.467 e. The Balaban J connectivity index is 1.76. The van der Waals surface area contributed by atoms with Crippen molar-refractivity contribution in [2.24, 2.45) is 5.10 Å². The van der Waals surface area contributed by atoms with E-state index < -0.39 is 0 Å². The monoisotopic (exact) mass is 444 g/mol. The number of rotatable bonds is 7. The topological polar surface area (TPSA) is 78.2 Å². The van der Waals surface area contributed by atoms with Crippen molar-refractivity contribution in [3.8, 4) is 0 Å². The fourth-order valence-corrected chi connectivity index (χ4v) is 3.59. The standard InChI is InChI=1S/C23H29ClN4O3/c1-5-27(14-21(29)25-23(2,3)4)15-22(30)28-19(20-7-6-12-31-20)13-18(26-28)16-8-10-17(24)11-9-16/h6-12,19H,5,13-15H2,1-4H3,(H,25,29). The Hall–Kier alpha value is -2.64. The Labute approximate surface area is 188 Å². The average molecular weight is 445 g/mol. The molecule has 31 heavy (non-hydrogen) atoms. The molecule has 1 aliphatic rings. The number of nitrogens with zero attached hydrogens (tertiary/aromatic N) is 3. The zero-order valence-electron chi connectivity index (χ0n) is 18.4. The van der Waals surface area contributed by atoms with Gasteiger partial charge in [0.2, 0.25) is 5.91 Å². The van der Waals surface area contributed by atoms with Gasteiger partial charge in [0.25, 0.3) is 5.91 Å². The fourth-order valence-electron chi connectivity index (χ4n) is 3.46. The second kappa shape index (κ2) is 9.66. The van der Waals surface area contributed by atoms with E-state index >= 15 is 0 Å². The third-order valence-electron chi connectivity index (χ3n) is 4.90. The van der Waals surface area contributed by atoms with Gasteiger partial charge in [-0.15, -0.1) is 0 Å². The van der Waals surface area contributed by atoms with Gasteiger partial charge in [-0.25, -0.2) is 5.01 Å². The molecule has 1 N–H and O–H groups in total. The van der Waals surface area contributed by atoms with Crippen LogP contribution in [0.5, 0.6) is 0 Å². The van der Waals surface area contributed by atoms with Gasteiger partial charge in [-0.05, 0) is 57.1 Å². The Kier molecular flexibility index (Phi) is 7.18. The molecule has 0 saturated heterocycles. The molecule has 166 valence electrons. The van der Waals surface area contributed by atoms with E-state index in [0.29, 0.717) is 23.7 Å². The number of carbonyl (C=O) groups is 2. The second-order valence-corrected chi connectivity index (χ2v) is 9.07. The van der Waals surface area contributed by atoms with E-state index in [1.54, 1.807) is 29.4 Å². The molecule has 0 radical (unpaired) electrons. The molecule has 1 aliphatic heterocycles. The molecule has 1 unspecified atom stereocenters. The van der Waals surface area contributed by atoms with Crippen molar-refractivity contribution >= 4 is 29.1 Å². The number of carbonyl (C=O) groups excluding carboxylic acids is 2. The smallest absolute Gasteiger partial charge is 0.257 e. The maximum atomic E-state index is 13.2. The maximum Gasteiger partial charge on any atom is 0.257 e. The third kappa shape index (κ3) is 6.18. The lowest BCUT2D eigenvalue weighted by Gasteiger charge is -2.26. The molecule has 7 nitrogen and oxygen atoms in total. The first-order valence-corrected chi connectivity index (χ1v) is 10.8. The van der Waals surface area contributed by atoms with Crippen LogP contribution in [0.2, 0.25) is 5.02 Å². The SMILES string of the molecule is CCN(CC(=O)NC(C)(C)C)CC(=O)N1N=C(c2ccc(Cl)cc2)CC1c1ccco1. The Morgan fingerprint density at radius 3 is 2.52 bits per heavy atom. The molecule has 0 saturated carbocycles. The number of benzene rings is 1. The molecular weight excluding hydrogens is 416 g/mol. The summed E-state index contributed by atoms with van der Waals surface area (Å²) >= 11 is 6.00. The third-order valence-corrected chi connectivity index (χ3v) is 5.15. The van der Waals surface area contributed by atoms with Gasteiger partial charge in [0.05, 0.1) is 25.1 Å². The lowest BCUT2D eigenvalue weighted by atomic mass is 10.0. The van der Waals surface area contributed by atoms with Crippen LogP contribution < -0.4 is 5.32 Å². The number of amides is 2. The number of halogens is 1. The summed E-state index contributed by atoms with van der Waals surface area (Å²) in [6.07, 6.45) is 2.13. The Morgan fingerprint density at radius 2 is 1.94 bits per heavy atom. The van der Waals surface area contributed by atoms with Crippen LogP contribution in [-0.4, -0.2) is 52.6 Å². The summed E-state index contributed by atoms with van der Waals surface area (Å²) in [6.45, 7) is 8.51. The molecule has 3 rings (SSSR count). The number of likely N-dealkylation sites (N-methyl/N-ethyl adjacent to an activating group) is 1. The molecule has 1 aromatic carbocycles. The van der Waals surface area contributed by atoms with Crippen molar-refractivity contribution in [2.45, 2.75) is 45.7 Å². The van der Waals surface area contributed by atoms with Crippen LogP contribution in [0, 0.1) is 0 Å². The van der Waals surface area contributed by atoms with E-state index in [-0.39, 0.29) is 36.5 Å². The summed E-state index contributed by atoms with van der Waals surface area (Å²) < 4.78 is 5.59. The first-order valence-electron chi connectivity index (χ1n) is 10.4. The molecule has 0 spiro atoms. The highest BCUT2D eigenvalue weighted by Crippen LogP contribution is 2.33. The summed E-state index contributed by atoms with van der Waals surface area (Å²) in [4.78, 5) is 27.3. The van der Waals surface area contributed by atoms with Gasteiger partial charge in [-0.2, -0.15) is 5.10 Å². The first-order chi connectivity index (χ1) is 14.7. The van der Waals surface area contributed by atoms with E-state index in [2.05, 4.69) is 10.4 Å². The van der Waals surface area contributed by atoms with Crippen LogP contribution in [0.15, 0.2) is 52.2 Å². The van der Waals surface area contributed by atoms with E-state index in [0.717, 1.165) is 11.3 Å². The number of hydrogen-bond acceptors (Lipinski definition) is 5. The molecule has 0 bridgehead atoms. The van der Waals surface area contributed by atoms with Gasteiger partial charge in [-0.1, -0.05) is 30.7 Å². The molecule has 8 heteroatoms. The summed E-state index contributed by atoms with van der Waals surface area (Å²) in [5, 5.41) is 9.68. The lowest BCUT2D eigenvalue weighted by molar-refractivity contribution is -0.135. The van der Waals surface area contributed by atoms with Crippen LogP contribution in [-0.2, 0) is 9.59 Å². The number of hydrogen-bond donors (Lipinski definition) is 1. The molecule has 0 fully saturated rings. The lowest BCUT2D eigenvalue weighted by Crippen LogP contribution is -2.48. The zero-order chi connectivity index (χ0) is 22.6. The highest BCUT2D eigenvalue weighted by atomic mass is 35.5. The summed E-state index contributed by atoms with van der Waals surface area (Å²) in [7, 11) is 0. The van der Waals surface area contributed by atoms with Gasteiger partial charge in [0, 0.05) is 17.0 Å². The number of furan rings is 1. The summed E-state index contributed by atoms with van der Waals surface area (Å²) in [5.74, 6) is 0.377. The van der Waals surface area contributed by atoms with E-state index in [9.17, 15) is 9.59 Å². The first kappa shape index (κ1) is 23.0. The summed E-state index contributed by atoms with van der Waals surface area (Å²) in [5.41, 5.74) is 1.38. The van der Waals surface area contributed by atoms with Crippen LogP contribution in [0.3, 0.4) is 0 Å². The van der Waals surface area contributed by atoms with Crippen LogP contribution in [0.1, 0.15) is 51.5 Å². The number of hydrazone groups is 1. The van der Waals surface area contributed by atoms with Crippen LogP contribution in [0.25, 0.3) is 0 Å². The van der Waals surface area contributed by atoms with Crippen molar-refractivity contribution in [1.82, 2.24) is 15.2 Å². The van der Waals surface area contributed by atoms with E-state index in [1.165, 1.54) is 5.01 Å². The van der Waals surface area contributed by atoms with Crippen molar-refractivity contribution in [2.75, 3.05) is 19.6 Å². The molecule has 0 aliphatic carbocycles. The maximum absolute atomic E-state index is 13.2. The van der Waals surface area contributed by atoms with Crippen LogP contribution >= 0.6 is 11.6 Å². The largest absolute Gasteiger partial charge is 0.467 e. The minimum atomic E-state index is -0.324. The normalized spacial score (nSPS) is 16.5. The second-order valence-electron chi connectivity index (χ2n) is 8.63. The van der Waals surface area contributed by atoms with Crippen molar-refractivity contribution in [1.29, 1.82) is 0 Å². The van der Waals surface area contributed by atoms with Crippen LogP contribution in [0.4, 0.5) is 0 Å². The molecule has 2 aromatic rings. The van der Waals surface area contributed by atoms with E-state index in [1.807, 2.05) is 45.9 Å². The molecular formula is C23H29ClN4O3. The van der Waals surface area contributed by atoms with Gasteiger partial charge in [0.1, 0.15) is 11.8 Å². The number of nitrogens with one attached hydrogen (secondary N) is 1. The van der Waals surface area contributed by atoms with Crippen molar-refractivity contribution < 1.29 is 14.0 Å². The minimum absolute atomic E-state index is 0.0860. The Bertz CT molecular complexity index is 933. The molecule has 2 heterocycles. The van der Waals surface area contributed by atoms with Crippen molar-refractivity contribution in [3.63, 3.8) is 0 Å². The molecule has 2 amide bonds. The van der Waals surface area contributed by atoms with E-state index in [4.69, 9.17) is 16.0 Å². The molecule has 1 atom stereocenters. The predicted octanol–water partition coefficient (Wildman–Crippen LogP) is 3.85.